The molecule has 0 N–H and O–H groups in total. The number of hydrogen-bond donors (Lipinski definition) is 0. The third-order valence-corrected chi connectivity index (χ3v) is 15.1. The SMILES string of the molecule is C=C(C)[C@@H]1CC[C@]2(COC(=O)CBr)CC[C@]3(C)[C@H](CC[C@@H]4[C@@]5(C)CC[C@H](OC(=O)CBr)C(C)(C)[C@@H]5CC[C@]43C)[C@@H]12. The second kappa shape index (κ2) is 10.7. The van der Waals surface area contributed by atoms with E-state index in [1.165, 1.54) is 44.1 Å². The highest BCUT2D eigenvalue weighted by Crippen LogP contribution is 2.77. The van der Waals surface area contributed by atoms with Gasteiger partial charge in [-0.3, -0.25) is 9.59 Å². The van der Waals surface area contributed by atoms with Crippen molar-refractivity contribution in [2.75, 3.05) is 17.3 Å². The number of esters is 2. The van der Waals surface area contributed by atoms with E-state index in [4.69, 9.17) is 9.47 Å². The summed E-state index contributed by atoms with van der Waals surface area (Å²) >= 11 is 6.60. The molecule has 6 heteroatoms. The van der Waals surface area contributed by atoms with Crippen LogP contribution in [0.25, 0.3) is 0 Å². The van der Waals surface area contributed by atoms with E-state index < -0.39 is 0 Å². The largest absolute Gasteiger partial charge is 0.464 e. The second-order valence-corrected chi connectivity index (χ2v) is 16.9. The van der Waals surface area contributed by atoms with E-state index in [0.29, 0.717) is 36.2 Å². The number of fused-ring (bicyclic) bond motifs is 7. The lowest BCUT2D eigenvalue weighted by atomic mass is 9.32. The van der Waals surface area contributed by atoms with Crippen molar-refractivity contribution in [3.05, 3.63) is 12.2 Å². The molecule has 0 aliphatic heterocycles. The van der Waals surface area contributed by atoms with Crippen molar-refractivity contribution in [3.8, 4) is 0 Å². The zero-order valence-corrected chi connectivity index (χ0v) is 28.9. The number of carbonyl (C=O) groups is 2. The van der Waals surface area contributed by atoms with Gasteiger partial charge in [-0.05, 0) is 117 Å². The normalized spacial score (nSPS) is 47.2. The first kappa shape index (κ1) is 31.1. The van der Waals surface area contributed by atoms with Crippen LogP contribution in [0.5, 0.6) is 0 Å². The average Bonchev–Trinajstić information content (AvgIpc) is 3.29. The summed E-state index contributed by atoms with van der Waals surface area (Å²) in [4.78, 5) is 24.5. The molecule has 0 aromatic heterocycles. The van der Waals surface area contributed by atoms with Crippen LogP contribution in [0.1, 0.15) is 106 Å². The Morgan fingerprint density at radius 1 is 0.800 bits per heavy atom. The Hall–Kier alpha value is -0.360. The molecule has 0 unspecified atom stereocenters. The molecule has 0 saturated heterocycles. The fraction of sp³-hybridized carbons (Fsp3) is 0.882. The molecule has 40 heavy (non-hydrogen) atoms. The Balaban J connectivity index is 1.47. The topological polar surface area (TPSA) is 52.6 Å². The van der Waals surface area contributed by atoms with Crippen molar-refractivity contribution in [1.29, 1.82) is 0 Å². The molecule has 4 nitrogen and oxygen atoms in total. The standard InChI is InChI=1S/C34H52Br2O4/c1-21(2)22-10-15-34(20-39-27(37)18-35)17-16-32(6)23(29(22)34)8-9-25-31(5)13-12-26(40-28(38)19-36)30(3,4)24(31)11-14-33(25,32)7/h22-26,29H,1,8-20H2,2-7H3/t22-,23+,24-,25+,26-,29+,31-,32+,33+,34+/m0/s1. The Labute approximate surface area is 259 Å². The van der Waals surface area contributed by atoms with E-state index in [-0.39, 0.29) is 55.8 Å². The summed E-state index contributed by atoms with van der Waals surface area (Å²) in [5.74, 6) is 2.67. The lowest BCUT2D eigenvalue weighted by Gasteiger charge is -2.73. The van der Waals surface area contributed by atoms with Crippen molar-refractivity contribution >= 4 is 43.8 Å². The first-order chi connectivity index (χ1) is 18.7. The minimum atomic E-state index is -0.137. The molecular weight excluding hydrogens is 632 g/mol. The molecule has 0 heterocycles. The number of halogens is 2. The van der Waals surface area contributed by atoms with E-state index >= 15 is 0 Å². The van der Waals surface area contributed by atoms with Crippen LogP contribution in [-0.4, -0.2) is 35.3 Å². The highest BCUT2D eigenvalue weighted by Gasteiger charge is 2.71. The first-order valence-corrected chi connectivity index (χ1v) is 18.1. The average molecular weight is 685 g/mol. The summed E-state index contributed by atoms with van der Waals surface area (Å²) in [7, 11) is 0. The van der Waals surface area contributed by atoms with Crippen LogP contribution in [0.3, 0.4) is 0 Å². The molecule has 0 aromatic rings. The van der Waals surface area contributed by atoms with Gasteiger partial charge in [0.25, 0.3) is 0 Å². The highest BCUT2D eigenvalue weighted by molar-refractivity contribution is 9.09. The monoisotopic (exact) mass is 682 g/mol. The van der Waals surface area contributed by atoms with Crippen molar-refractivity contribution in [3.63, 3.8) is 0 Å². The predicted octanol–water partition coefficient (Wildman–Crippen LogP) is 8.89. The molecular formula is C34H52Br2O4. The molecule has 5 fully saturated rings. The van der Waals surface area contributed by atoms with Crippen LogP contribution in [0, 0.1) is 56.7 Å². The first-order valence-electron chi connectivity index (χ1n) is 15.8. The van der Waals surface area contributed by atoms with Gasteiger partial charge >= 0.3 is 11.9 Å². The quantitative estimate of drug-likeness (QED) is 0.159. The van der Waals surface area contributed by atoms with E-state index in [2.05, 4.69) is 80.0 Å². The molecule has 0 aromatic carbocycles. The molecule has 5 aliphatic rings. The molecule has 5 aliphatic carbocycles. The molecule has 0 amide bonds. The van der Waals surface area contributed by atoms with E-state index in [1.807, 2.05) is 0 Å². The van der Waals surface area contributed by atoms with Crippen LogP contribution in [0.15, 0.2) is 12.2 Å². The zero-order valence-electron chi connectivity index (χ0n) is 25.8. The highest BCUT2D eigenvalue weighted by atomic mass is 79.9. The van der Waals surface area contributed by atoms with Crippen LogP contribution >= 0.6 is 31.9 Å². The number of alkyl halides is 2. The van der Waals surface area contributed by atoms with Gasteiger partial charge in [-0.1, -0.05) is 78.6 Å². The van der Waals surface area contributed by atoms with Gasteiger partial charge < -0.3 is 9.47 Å². The van der Waals surface area contributed by atoms with Crippen molar-refractivity contribution in [2.45, 2.75) is 112 Å². The Kier molecular flexibility index (Phi) is 8.29. The van der Waals surface area contributed by atoms with Crippen molar-refractivity contribution in [1.82, 2.24) is 0 Å². The van der Waals surface area contributed by atoms with Crippen molar-refractivity contribution in [2.24, 2.45) is 56.7 Å². The van der Waals surface area contributed by atoms with Crippen LogP contribution < -0.4 is 0 Å². The molecule has 226 valence electrons. The van der Waals surface area contributed by atoms with Crippen molar-refractivity contribution < 1.29 is 19.1 Å². The summed E-state index contributed by atoms with van der Waals surface area (Å²) in [6.45, 7) is 20.0. The number of allylic oxidation sites excluding steroid dienone is 1. The van der Waals surface area contributed by atoms with E-state index in [1.54, 1.807) is 0 Å². The van der Waals surface area contributed by atoms with Gasteiger partial charge in [0.05, 0.1) is 6.61 Å². The fourth-order valence-electron chi connectivity index (χ4n) is 12.2. The van der Waals surface area contributed by atoms with E-state index in [0.717, 1.165) is 25.7 Å². The smallest absolute Gasteiger partial charge is 0.316 e. The number of hydrogen-bond acceptors (Lipinski definition) is 4. The second-order valence-electron chi connectivity index (χ2n) is 15.8. The van der Waals surface area contributed by atoms with E-state index in [9.17, 15) is 9.59 Å². The maximum absolute atomic E-state index is 12.3. The molecule has 0 radical (unpaired) electrons. The molecule has 0 bridgehead atoms. The lowest BCUT2D eigenvalue weighted by Crippen LogP contribution is -2.67. The molecule has 10 atom stereocenters. The van der Waals surface area contributed by atoms with Crippen LogP contribution in [0.2, 0.25) is 0 Å². The fourth-order valence-corrected chi connectivity index (χ4v) is 12.5. The van der Waals surface area contributed by atoms with Gasteiger partial charge in [0.1, 0.15) is 16.8 Å². The van der Waals surface area contributed by atoms with Gasteiger partial charge in [0, 0.05) is 10.8 Å². The third-order valence-electron chi connectivity index (χ3n) is 14.2. The summed E-state index contributed by atoms with van der Waals surface area (Å²) in [5.41, 5.74) is 2.18. The maximum Gasteiger partial charge on any atom is 0.316 e. The van der Waals surface area contributed by atoms with Gasteiger partial charge in [-0.2, -0.15) is 0 Å². The minimum absolute atomic E-state index is 0.000696. The molecule has 5 rings (SSSR count). The molecule has 5 saturated carbocycles. The van der Waals surface area contributed by atoms with Gasteiger partial charge in [0.2, 0.25) is 0 Å². The summed E-state index contributed by atoms with van der Waals surface area (Å²) in [6.07, 6.45) is 11.8. The lowest BCUT2D eigenvalue weighted by molar-refractivity contribution is -0.251. The maximum atomic E-state index is 12.3. The summed E-state index contributed by atoms with van der Waals surface area (Å²) in [6, 6.07) is 0. The van der Waals surface area contributed by atoms with Crippen LogP contribution in [0.4, 0.5) is 0 Å². The Morgan fingerprint density at radius 2 is 1.50 bits per heavy atom. The third kappa shape index (κ3) is 4.44. The number of ether oxygens (including phenoxy) is 2. The van der Waals surface area contributed by atoms with Crippen LogP contribution in [-0.2, 0) is 19.1 Å². The predicted molar refractivity (Wildman–Crippen MR) is 167 cm³/mol. The Bertz CT molecular complexity index is 1040. The van der Waals surface area contributed by atoms with Gasteiger partial charge in [-0.15, -0.1) is 0 Å². The minimum Gasteiger partial charge on any atom is -0.464 e. The Morgan fingerprint density at radius 3 is 2.15 bits per heavy atom. The summed E-state index contributed by atoms with van der Waals surface area (Å²) < 4.78 is 11.9. The zero-order chi connectivity index (χ0) is 29.3. The van der Waals surface area contributed by atoms with Gasteiger partial charge in [0.15, 0.2) is 0 Å². The summed E-state index contributed by atoms with van der Waals surface area (Å²) in [5, 5.41) is 0.538. The number of rotatable bonds is 6. The van der Waals surface area contributed by atoms with Gasteiger partial charge in [-0.25, -0.2) is 0 Å². The number of carbonyl (C=O) groups excluding carboxylic acids is 2. The molecule has 0 spiro atoms.